The lowest BCUT2D eigenvalue weighted by Crippen LogP contribution is -2.36. The summed E-state index contributed by atoms with van der Waals surface area (Å²) in [6, 6.07) is 16.9. The molecular weight excluding hydrogens is 258 g/mol. The molecule has 0 saturated carbocycles. The first-order valence-corrected chi connectivity index (χ1v) is 7.31. The van der Waals surface area contributed by atoms with Gasteiger partial charge in [-0.05, 0) is 55.0 Å². The second kappa shape index (κ2) is 5.26. The van der Waals surface area contributed by atoms with Crippen molar-refractivity contribution >= 4 is 0 Å². The normalized spacial score (nSPS) is 20.2. The number of rotatable bonds is 2. The minimum Gasteiger partial charge on any atom is -0.492 e. The average Bonchev–Trinajstić information content (AvgIpc) is 2.51. The van der Waals surface area contributed by atoms with E-state index in [4.69, 9.17) is 4.74 Å². The van der Waals surface area contributed by atoms with Crippen LogP contribution in [0.15, 0.2) is 42.5 Å². The third-order valence-electron chi connectivity index (χ3n) is 4.40. The molecule has 0 bridgehead atoms. The topological polar surface area (TPSA) is 33.0 Å². The Morgan fingerprint density at radius 3 is 2.52 bits per heavy atom. The van der Waals surface area contributed by atoms with Gasteiger partial charge < -0.3 is 4.74 Å². The van der Waals surface area contributed by atoms with Gasteiger partial charge in [0.15, 0.2) is 0 Å². The van der Waals surface area contributed by atoms with Gasteiger partial charge in [-0.1, -0.05) is 36.4 Å². The molecule has 0 aromatic heterocycles. The van der Waals surface area contributed by atoms with Gasteiger partial charge in [0, 0.05) is 0 Å². The second-order valence-corrected chi connectivity index (χ2v) is 6.01. The molecule has 0 N–H and O–H groups in total. The van der Waals surface area contributed by atoms with E-state index in [1.54, 1.807) is 0 Å². The molecule has 1 heterocycles. The molecule has 1 aliphatic heterocycles. The van der Waals surface area contributed by atoms with Crippen LogP contribution < -0.4 is 4.74 Å². The summed E-state index contributed by atoms with van der Waals surface area (Å²) in [4.78, 5) is 0. The van der Waals surface area contributed by atoms with Crippen LogP contribution in [0.25, 0.3) is 0 Å². The van der Waals surface area contributed by atoms with Gasteiger partial charge in [-0.15, -0.1) is 0 Å². The van der Waals surface area contributed by atoms with E-state index in [-0.39, 0.29) is 0 Å². The van der Waals surface area contributed by atoms with Gasteiger partial charge in [0.05, 0.1) is 11.5 Å². The van der Waals surface area contributed by atoms with Crippen molar-refractivity contribution in [3.63, 3.8) is 0 Å². The predicted molar refractivity (Wildman–Crippen MR) is 83.3 cm³/mol. The first-order valence-electron chi connectivity index (χ1n) is 7.31. The fourth-order valence-corrected chi connectivity index (χ4v) is 3.11. The van der Waals surface area contributed by atoms with Crippen molar-refractivity contribution in [2.45, 2.75) is 26.7 Å². The quantitative estimate of drug-likeness (QED) is 0.831. The molecule has 0 spiro atoms. The number of hydrogen-bond acceptors (Lipinski definition) is 2. The van der Waals surface area contributed by atoms with E-state index in [9.17, 15) is 5.26 Å². The van der Waals surface area contributed by atoms with Crippen molar-refractivity contribution in [1.82, 2.24) is 0 Å². The van der Waals surface area contributed by atoms with E-state index in [0.29, 0.717) is 6.61 Å². The summed E-state index contributed by atoms with van der Waals surface area (Å²) in [6.07, 6.45) is 1.50. The molecule has 1 unspecified atom stereocenters. The van der Waals surface area contributed by atoms with Crippen molar-refractivity contribution in [1.29, 1.82) is 5.26 Å². The highest BCUT2D eigenvalue weighted by atomic mass is 16.5. The highest BCUT2D eigenvalue weighted by Crippen LogP contribution is 2.37. The maximum absolute atomic E-state index is 9.78. The zero-order chi connectivity index (χ0) is 14.9. The molecule has 0 amide bonds. The van der Waals surface area contributed by atoms with Crippen LogP contribution in [0.5, 0.6) is 5.75 Å². The smallest absolute Gasteiger partial charge is 0.122 e. The fourth-order valence-electron chi connectivity index (χ4n) is 3.11. The summed E-state index contributed by atoms with van der Waals surface area (Å²) in [5.41, 5.74) is 4.45. The highest BCUT2D eigenvalue weighted by molar-refractivity contribution is 5.40. The van der Waals surface area contributed by atoms with E-state index < -0.39 is 5.41 Å². The SMILES string of the molecule is Cc1cccc(C)c1CC1(C#N)COc2ccccc2C1. The molecule has 2 aromatic rings. The predicted octanol–water partition coefficient (Wildman–Crippen LogP) is 3.99. The Kier molecular flexibility index (Phi) is 3.43. The summed E-state index contributed by atoms with van der Waals surface area (Å²) in [6.45, 7) is 4.70. The van der Waals surface area contributed by atoms with Crippen molar-refractivity contribution in [2.75, 3.05) is 6.61 Å². The van der Waals surface area contributed by atoms with Crippen LogP contribution in [-0.2, 0) is 12.8 Å². The van der Waals surface area contributed by atoms with Gasteiger partial charge in [0.25, 0.3) is 0 Å². The Bertz CT molecular complexity index is 693. The zero-order valence-electron chi connectivity index (χ0n) is 12.5. The van der Waals surface area contributed by atoms with Gasteiger partial charge in [-0.3, -0.25) is 0 Å². The van der Waals surface area contributed by atoms with Crippen molar-refractivity contribution in [3.8, 4) is 11.8 Å². The Balaban J connectivity index is 1.95. The monoisotopic (exact) mass is 277 g/mol. The highest BCUT2D eigenvalue weighted by Gasteiger charge is 2.37. The third-order valence-corrected chi connectivity index (χ3v) is 4.40. The lowest BCUT2D eigenvalue weighted by molar-refractivity contribution is 0.169. The van der Waals surface area contributed by atoms with Crippen LogP contribution in [0.3, 0.4) is 0 Å². The first kappa shape index (κ1) is 13.7. The number of ether oxygens (including phenoxy) is 1. The van der Waals surface area contributed by atoms with Crippen LogP contribution in [0.2, 0.25) is 0 Å². The molecular formula is C19H19NO. The molecule has 1 atom stereocenters. The van der Waals surface area contributed by atoms with Crippen molar-refractivity contribution < 1.29 is 4.74 Å². The van der Waals surface area contributed by atoms with Gasteiger partial charge >= 0.3 is 0 Å². The molecule has 2 aromatic carbocycles. The van der Waals surface area contributed by atoms with E-state index in [1.807, 2.05) is 18.2 Å². The summed E-state index contributed by atoms with van der Waals surface area (Å²) >= 11 is 0. The molecule has 3 rings (SSSR count). The maximum Gasteiger partial charge on any atom is 0.122 e. The van der Waals surface area contributed by atoms with Gasteiger partial charge in [0.2, 0.25) is 0 Å². The Hall–Kier alpha value is -2.27. The Morgan fingerprint density at radius 2 is 1.81 bits per heavy atom. The molecule has 1 aliphatic rings. The standard InChI is InChI=1S/C19H19NO/c1-14-6-5-7-15(2)17(14)11-19(12-20)10-16-8-3-4-9-18(16)21-13-19/h3-9H,10-11,13H2,1-2H3. The van der Waals surface area contributed by atoms with E-state index in [2.05, 4.69) is 44.2 Å². The van der Waals surface area contributed by atoms with Crippen LogP contribution in [0, 0.1) is 30.6 Å². The Morgan fingerprint density at radius 1 is 1.10 bits per heavy atom. The number of nitrogens with zero attached hydrogens (tertiary/aromatic N) is 1. The van der Waals surface area contributed by atoms with Gasteiger partial charge in [0.1, 0.15) is 12.4 Å². The van der Waals surface area contributed by atoms with Crippen LogP contribution in [0.4, 0.5) is 0 Å². The van der Waals surface area contributed by atoms with Crippen LogP contribution in [-0.4, -0.2) is 6.61 Å². The summed E-state index contributed by atoms with van der Waals surface area (Å²) in [5.74, 6) is 0.921. The molecule has 2 nitrogen and oxygen atoms in total. The molecule has 2 heteroatoms. The molecule has 21 heavy (non-hydrogen) atoms. The molecule has 106 valence electrons. The van der Waals surface area contributed by atoms with Gasteiger partial charge in [-0.25, -0.2) is 0 Å². The number of aryl methyl sites for hydroxylation is 2. The first-order chi connectivity index (χ1) is 10.1. The van der Waals surface area contributed by atoms with Crippen molar-refractivity contribution in [2.24, 2.45) is 5.41 Å². The largest absolute Gasteiger partial charge is 0.492 e. The van der Waals surface area contributed by atoms with E-state index >= 15 is 0 Å². The number of benzene rings is 2. The fraction of sp³-hybridized carbons (Fsp3) is 0.316. The number of fused-ring (bicyclic) bond motifs is 1. The molecule has 0 saturated heterocycles. The number of hydrogen-bond donors (Lipinski definition) is 0. The maximum atomic E-state index is 9.78. The number of nitriles is 1. The third kappa shape index (κ3) is 2.52. The molecule has 0 aliphatic carbocycles. The van der Waals surface area contributed by atoms with E-state index in [0.717, 1.165) is 24.2 Å². The second-order valence-electron chi connectivity index (χ2n) is 6.01. The Labute approximate surface area is 126 Å². The lowest BCUT2D eigenvalue weighted by Gasteiger charge is -2.33. The average molecular weight is 277 g/mol. The van der Waals surface area contributed by atoms with Crippen LogP contribution in [0.1, 0.15) is 22.3 Å². The molecule has 0 fully saturated rings. The summed E-state index contributed by atoms with van der Waals surface area (Å²) < 4.78 is 5.86. The minimum atomic E-state index is -0.467. The lowest BCUT2D eigenvalue weighted by atomic mass is 9.75. The zero-order valence-corrected chi connectivity index (χ0v) is 12.5. The molecule has 0 radical (unpaired) electrons. The van der Waals surface area contributed by atoms with Crippen LogP contribution >= 0.6 is 0 Å². The van der Waals surface area contributed by atoms with Gasteiger partial charge in [-0.2, -0.15) is 5.26 Å². The van der Waals surface area contributed by atoms with Crippen molar-refractivity contribution in [3.05, 3.63) is 64.7 Å². The van der Waals surface area contributed by atoms with E-state index in [1.165, 1.54) is 16.7 Å². The number of para-hydroxylation sites is 1. The minimum absolute atomic E-state index is 0.467. The summed E-state index contributed by atoms with van der Waals surface area (Å²) in [5, 5.41) is 9.78. The summed E-state index contributed by atoms with van der Waals surface area (Å²) in [7, 11) is 0.